The lowest BCUT2D eigenvalue weighted by Crippen LogP contribution is -2.37. The van der Waals surface area contributed by atoms with Gasteiger partial charge in [-0.2, -0.15) is 0 Å². The van der Waals surface area contributed by atoms with E-state index in [9.17, 15) is 21.6 Å². The first-order valence-corrected chi connectivity index (χ1v) is 13.6. The molecule has 0 atom stereocenters. The zero-order chi connectivity index (χ0) is 25.1. The summed E-state index contributed by atoms with van der Waals surface area (Å²) in [5.41, 5.74) is 0.975. The Hall–Kier alpha value is -2.93. The quantitative estimate of drug-likeness (QED) is 0.444. The number of aromatic nitrogens is 2. The molecule has 0 spiro atoms. The smallest absolute Gasteiger partial charge is 0.264 e. The molecule has 0 saturated heterocycles. The van der Waals surface area contributed by atoms with E-state index in [-0.39, 0.29) is 32.3 Å². The van der Waals surface area contributed by atoms with Gasteiger partial charge in [-0.25, -0.2) is 31.5 Å². The number of carbonyl (C=O) groups excluding carboxylic acids is 1. The molecule has 3 aromatic rings. The first-order valence-electron chi connectivity index (χ1n) is 9.50. The van der Waals surface area contributed by atoms with Crippen LogP contribution in [0.3, 0.4) is 0 Å². The van der Waals surface area contributed by atoms with Gasteiger partial charge in [0.1, 0.15) is 6.54 Å². The van der Waals surface area contributed by atoms with Crippen LogP contribution in [0.5, 0.6) is 0 Å². The summed E-state index contributed by atoms with van der Waals surface area (Å²) >= 11 is 11.9. The third kappa shape index (κ3) is 6.79. The first kappa shape index (κ1) is 25.7. The zero-order valence-electron chi connectivity index (χ0n) is 17.9. The van der Waals surface area contributed by atoms with Gasteiger partial charge in [0.05, 0.1) is 16.8 Å². The van der Waals surface area contributed by atoms with Crippen LogP contribution in [-0.2, 0) is 24.8 Å². The fourth-order valence-corrected chi connectivity index (χ4v) is 5.11. The summed E-state index contributed by atoms with van der Waals surface area (Å²) in [6.07, 6.45) is 2.37. The number of benzene rings is 2. The average molecular weight is 544 g/mol. The minimum atomic E-state index is -3.96. The third-order valence-corrected chi connectivity index (χ3v) is 7.21. The molecule has 1 heterocycles. The summed E-state index contributed by atoms with van der Waals surface area (Å²) in [7, 11) is -7.80. The van der Waals surface area contributed by atoms with Gasteiger partial charge in [0, 0.05) is 27.6 Å². The van der Waals surface area contributed by atoms with Gasteiger partial charge in [-0.15, -0.1) is 0 Å². The molecule has 0 aliphatic carbocycles. The van der Waals surface area contributed by atoms with Crippen LogP contribution in [0, 0.1) is 6.92 Å². The molecule has 1 amide bonds. The standard InChI is InChI=1S/C20H19Cl2N5O5S2/c1-13-7-8-23-20(24-13)26-34(31,32)18-5-3-16(4-6-18)25-19(28)12-27(33(2,29)30)17-10-14(21)9-15(22)11-17/h3-11H,12H2,1-2H3,(H,25,28)(H,23,24,26). The molecule has 0 unspecified atom stereocenters. The Morgan fingerprint density at radius 1 is 1.00 bits per heavy atom. The summed E-state index contributed by atoms with van der Waals surface area (Å²) < 4.78 is 52.7. The van der Waals surface area contributed by atoms with Gasteiger partial charge in [0.15, 0.2) is 0 Å². The van der Waals surface area contributed by atoms with Gasteiger partial charge < -0.3 is 5.32 Å². The highest BCUT2D eigenvalue weighted by Crippen LogP contribution is 2.27. The van der Waals surface area contributed by atoms with Crippen molar-refractivity contribution in [3.05, 3.63) is 70.5 Å². The molecule has 0 bridgehead atoms. The number of nitrogens with zero attached hydrogens (tertiary/aromatic N) is 3. The van der Waals surface area contributed by atoms with Crippen LogP contribution < -0.4 is 14.3 Å². The van der Waals surface area contributed by atoms with E-state index in [4.69, 9.17) is 23.2 Å². The normalized spacial score (nSPS) is 11.6. The Morgan fingerprint density at radius 2 is 1.62 bits per heavy atom. The minimum Gasteiger partial charge on any atom is -0.325 e. The maximum Gasteiger partial charge on any atom is 0.264 e. The summed E-state index contributed by atoms with van der Waals surface area (Å²) in [5.74, 6) is -0.734. The lowest BCUT2D eigenvalue weighted by Gasteiger charge is -2.22. The fourth-order valence-electron chi connectivity index (χ4n) is 2.81. The summed E-state index contributed by atoms with van der Waals surface area (Å²) in [6.45, 7) is 1.14. The van der Waals surface area contributed by atoms with Gasteiger partial charge in [-0.3, -0.25) is 9.10 Å². The van der Waals surface area contributed by atoms with Crippen LogP contribution in [-0.4, -0.2) is 45.5 Å². The van der Waals surface area contributed by atoms with Crippen molar-refractivity contribution in [1.82, 2.24) is 9.97 Å². The van der Waals surface area contributed by atoms with Crippen LogP contribution in [0.2, 0.25) is 10.0 Å². The second-order valence-electron chi connectivity index (χ2n) is 7.10. The molecule has 3 rings (SSSR count). The van der Waals surface area contributed by atoms with E-state index >= 15 is 0 Å². The molecule has 2 aromatic carbocycles. The second kappa shape index (κ2) is 10.1. The highest BCUT2D eigenvalue weighted by atomic mass is 35.5. The van der Waals surface area contributed by atoms with E-state index in [1.807, 2.05) is 0 Å². The predicted molar refractivity (Wildman–Crippen MR) is 131 cm³/mol. The maximum absolute atomic E-state index is 12.5. The van der Waals surface area contributed by atoms with Crippen molar-refractivity contribution in [1.29, 1.82) is 0 Å². The van der Waals surface area contributed by atoms with Crippen LogP contribution in [0.1, 0.15) is 5.69 Å². The van der Waals surface area contributed by atoms with Crippen molar-refractivity contribution < 1.29 is 21.6 Å². The molecule has 0 aliphatic rings. The largest absolute Gasteiger partial charge is 0.325 e. The molecular weight excluding hydrogens is 525 g/mol. The van der Waals surface area contributed by atoms with Crippen molar-refractivity contribution in [2.75, 3.05) is 27.1 Å². The van der Waals surface area contributed by atoms with Crippen LogP contribution in [0.15, 0.2) is 59.6 Å². The minimum absolute atomic E-state index is 0.0700. The zero-order valence-corrected chi connectivity index (χ0v) is 21.0. The summed E-state index contributed by atoms with van der Waals surface area (Å²) in [5, 5.41) is 2.94. The second-order valence-corrected chi connectivity index (χ2v) is 11.6. The van der Waals surface area contributed by atoms with E-state index in [0.29, 0.717) is 5.69 Å². The number of rotatable bonds is 8. The SMILES string of the molecule is Cc1ccnc(NS(=O)(=O)c2ccc(NC(=O)CN(c3cc(Cl)cc(Cl)c3)S(C)(=O)=O)cc2)n1. The lowest BCUT2D eigenvalue weighted by molar-refractivity contribution is -0.114. The number of amides is 1. The number of nitrogens with one attached hydrogen (secondary N) is 2. The summed E-state index contributed by atoms with van der Waals surface area (Å²) in [4.78, 5) is 20.3. The van der Waals surface area contributed by atoms with E-state index in [2.05, 4.69) is 20.0 Å². The van der Waals surface area contributed by atoms with E-state index in [0.717, 1.165) is 10.6 Å². The van der Waals surface area contributed by atoms with Gasteiger partial charge in [-0.1, -0.05) is 23.2 Å². The van der Waals surface area contributed by atoms with Gasteiger partial charge >= 0.3 is 0 Å². The van der Waals surface area contributed by atoms with E-state index < -0.39 is 32.5 Å². The Kier molecular flexibility index (Phi) is 7.66. The van der Waals surface area contributed by atoms with Crippen LogP contribution in [0.25, 0.3) is 0 Å². The molecular formula is C20H19Cl2N5O5S2. The molecule has 0 saturated carbocycles. The van der Waals surface area contributed by atoms with Gasteiger partial charge in [0.2, 0.25) is 21.9 Å². The highest BCUT2D eigenvalue weighted by molar-refractivity contribution is 7.92. The van der Waals surface area contributed by atoms with Crippen LogP contribution in [0.4, 0.5) is 17.3 Å². The molecule has 0 radical (unpaired) electrons. The highest BCUT2D eigenvalue weighted by Gasteiger charge is 2.22. The van der Waals surface area contributed by atoms with E-state index in [1.54, 1.807) is 13.0 Å². The molecule has 1 aromatic heterocycles. The number of carbonyl (C=O) groups is 1. The van der Waals surface area contributed by atoms with Crippen LogP contribution >= 0.6 is 23.2 Å². The maximum atomic E-state index is 12.5. The average Bonchev–Trinajstić information content (AvgIpc) is 2.70. The number of aryl methyl sites for hydroxylation is 1. The number of anilines is 3. The van der Waals surface area contributed by atoms with Crippen molar-refractivity contribution in [2.24, 2.45) is 0 Å². The van der Waals surface area contributed by atoms with Crippen molar-refractivity contribution >= 4 is 66.5 Å². The third-order valence-electron chi connectivity index (χ3n) is 4.29. The Balaban J connectivity index is 1.73. The molecule has 14 heteroatoms. The number of hydrogen-bond donors (Lipinski definition) is 2. The molecule has 34 heavy (non-hydrogen) atoms. The number of sulfonamides is 2. The first-order chi connectivity index (χ1) is 15.8. The van der Waals surface area contributed by atoms with Crippen molar-refractivity contribution in [2.45, 2.75) is 11.8 Å². The number of hydrogen-bond acceptors (Lipinski definition) is 7. The monoisotopic (exact) mass is 543 g/mol. The van der Waals surface area contributed by atoms with Gasteiger partial charge in [-0.05, 0) is 55.5 Å². The lowest BCUT2D eigenvalue weighted by atomic mass is 10.3. The Labute approximate surface area is 207 Å². The predicted octanol–water partition coefficient (Wildman–Crippen LogP) is 3.30. The molecule has 2 N–H and O–H groups in total. The van der Waals surface area contributed by atoms with E-state index in [1.165, 1.54) is 48.7 Å². The summed E-state index contributed by atoms with van der Waals surface area (Å²) in [6, 6.07) is 11.1. The Bertz CT molecular complexity index is 1410. The topological polar surface area (TPSA) is 138 Å². The van der Waals surface area contributed by atoms with Crippen molar-refractivity contribution in [3.8, 4) is 0 Å². The molecule has 0 fully saturated rings. The Morgan fingerprint density at radius 3 is 2.18 bits per heavy atom. The molecule has 180 valence electrons. The van der Waals surface area contributed by atoms with Crippen molar-refractivity contribution in [3.63, 3.8) is 0 Å². The number of halogens is 2. The van der Waals surface area contributed by atoms with Gasteiger partial charge in [0.25, 0.3) is 10.0 Å². The molecule has 10 nitrogen and oxygen atoms in total. The fraction of sp³-hybridized carbons (Fsp3) is 0.150. The molecule has 0 aliphatic heterocycles.